The minimum Gasteiger partial charge on any atom is -0.465 e. The van der Waals surface area contributed by atoms with Crippen LogP contribution in [-0.4, -0.2) is 29.8 Å². The summed E-state index contributed by atoms with van der Waals surface area (Å²) in [6, 6.07) is 9.42. The molecule has 112 valence electrons. The van der Waals surface area contributed by atoms with Crippen LogP contribution < -0.4 is 5.73 Å². The second kappa shape index (κ2) is 6.86. The monoisotopic (exact) mass is 279 g/mol. The molecule has 0 amide bonds. The maximum absolute atomic E-state index is 12.4. The predicted octanol–water partition coefficient (Wildman–Crippen LogP) is 2.00. The predicted molar refractivity (Wildman–Crippen MR) is 79.3 cm³/mol. The summed E-state index contributed by atoms with van der Waals surface area (Å²) in [5, 5.41) is 9.94. The minimum absolute atomic E-state index is 0.159. The smallest absolute Gasteiger partial charge is 0.317 e. The molecule has 1 rings (SSSR count). The van der Waals surface area contributed by atoms with Crippen LogP contribution in [0.4, 0.5) is 0 Å². The summed E-state index contributed by atoms with van der Waals surface area (Å²) in [7, 11) is 0. The highest BCUT2D eigenvalue weighted by atomic mass is 16.5. The number of hydrogen-bond acceptors (Lipinski definition) is 4. The second-order valence-electron chi connectivity index (χ2n) is 5.69. The SMILES string of the molecule is CCOC(=O)C(CN)(CCC(C)(C)O)c1ccccc1. The number of carbonyl (C=O) groups is 1. The van der Waals surface area contributed by atoms with E-state index < -0.39 is 11.0 Å². The number of carbonyl (C=O) groups excluding carboxylic acids is 1. The van der Waals surface area contributed by atoms with Gasteiger partial charge in [-0.15, -0.1) is 0 Å². The molecule has 1 aromatic rings. The first-order valence-corrected chi connectivity index (χ1v) is 7.01. The number of nitrogens with two attached hydrogens (primary N) is 1. The largest absolute Gasteiger partial charge is 0.465 e. The zero-order valence-corrected chi connectivity index (χ0v) is 12.6. The summed E-state index contributed by atoms with van der Waals surface area (Å²) in [5.74, 6) is -0.321. The van der Waals surface area contributed by atoms with Gasteiger partial charge in [-0.25, -0.2) is 0 Å². The molecule has 4 nitrogen and oxygen atoms in total. The Labute approximate surface area is 120 Å². The van der Waals surface area contributed by atoms with E-state index >= 15 is 0 Å². The van der Waals surface area contributed by atoms with Crippen LogP contribution in [0.5, 0.6) is 0 Å². The molecular weight excluding hydrogens is 254 g/mol. The zero-order valence-electron chi connectivity index (χ0n) is 12.6. The first-order valence-electron chi connectivity index (χ1n) is 7.01. The van der Waals surface area contributed by atoms with E-state index in [0.717, 1.165) is 5.56 Å². The van der Waals surface area contributed by atoms with Gasteiger partial charge in [0.15, 0.2) is 0 Å². The molecule has 0 bridgehead atoms. The molecule has 20 heavy (non-hydrogen) atoms. The number of ether oxygens (including phenoxy) is 1. The Morgan fingerprint density at radius 2 is 1.85 bits per heavy atom. The molecule has 1 aromatic carbocycles. The lowest BCUT2D eigenvalue weighted by molar-refractivity contribution is -0.150. The van der Waals surface area contributed by atoms with Crippen LogP contribution in [0.1, 0.15) is 39.2 Å². The lowest BCUT2D eigenvalue weighted by atomic mass is 9.75. The number of hydrogen-bond donors (Lipinski definition) is 2. The summed E-state index contributed by atoms with van der Waals surface area (Å²) < 4.78 is 5.22. The summed E-state index contributed by atoms with van der Waals surface area (Å²) in [6.45, 7) is 5.71. The molecular formula is C16H25NO3. The van der Waals surface area contributed by atoms with Crippen molar-refractivity contribution in [2.75, 3.05) is 13.2 Å². The van der Waals surface area contributed by atoms with E-state index in [4.69, 9.17) is 10.5 Å². The fourth-order valence-corrected chi connectivity index (χ4v) is 2.21. The van der Waals surface area contributed by atoms with Gasteiger partial charge >= 0.3 is 5.97 Å². The molecule has 0 saturated heterocycles. The maximum Gasteiger partial charge on any atom is 0.317 e. The van der Waals surface area contributed by atoms with Crippen molar-refractivity contribution >= 4 is 5.97 Å². The van der Waals surface area contributed by atoms with Crippen LogP contribution in [-0.2, 0) is 14.9 Å². The molecule has 0 fully saturated rings. The molecule has 0 aromatic heterocycles. The van der Waals surface area contributed by atoms with Gasteiger partial charge in [-0.1, -0.05) is 30.3 Å². The fourth-order valence-electron chi connectivity index (χ4n) is 2.21. The van der Waals surface area contributed by atoms with Gasteiger partial charge < -0.3 is 15.6 Å². The highest BCUT2D eigenvalue weighted by Gasteiger charge is 2.41. The van der Waals surface area contributed by atoms with Crippen molar-refractivity contribution in [2.45, 2.75) is 44.6 Å². The first-order chi connectivity index (χ1) is 9.35. The van der Waals surface area contributed by atoms with Crippen molar-refractivity contribution in [3.8, 4) is 0 Å². The maximum atomic E-state index is 12.4. The van der Waals surface area contributed by atoms with Crippen molar-refractivity contribution in [3.63, 3.8) is 0 Å². The van der Waals surface area contributed by atoms with Gasteiger partial charge in [0.25, 0.3) is 0 Å². The van der Waals surface area contributed by atoms with Crippen molar-refractivity contribution in [1.29, 1.82) is 0 Å². The van der Waals surface area contributed by atoms with E-state index in [0.29, 0.717) is 19.4 Å². The lowest BCUT2D eigenvalue weighted by Gasteiger charge is -2.32. The fraction of sp³-hybridized carbons (Fsp3) is 0.562. The Kier molecular flexibility index (Phi) is 5.72. The van der Waals surface area contributed by atoms with Crippen molar-refractivity contribution in [1.82, 2.24) is 0 Å². The third kappa shape index (κ3) is 4.05. The third-order valence-corrected chi connectivity index (χ3v) is 3.50. The van der Waals surface area contributed by atoms with Gasteiger partial charge in [0.2, 0.25) is 0 Å². The van der Waals surface area contributed by atoms with E-state index in [9.17, 15) is 9.90 Å². The van der Waals surface area contributed by atoms with Crippen molar-refractivity contribution in [2.24, 2.45) is 5.73 Å². The van der Waals surface area contributed by atoms with Crippen LogP contribution in [0.15, 0.2) is 30.3 Å². The number of esters is 1. The highest BCUT2D eigenvalue weighted by molar-refractivity contribution is 5.83. The molecule has 0 spiro atoms. The van der Waals surface area contributed by atoms with Crippen LogP contribution in [0, 0.1) is 0 Å². The van der Waals surface area contributed by atoms with Gasteiger partial charge in [0, 0.05) is 6.54 Å². The number of benzene rings is 1. The molecule has 0 radical (unpaired) electrons. The van der Waals surface area contributed by atoms with Gasteiger partial charge in [-0.2, -0.15) is 0 Å². The molecule has 0 saturated carbocycles. The molecule has 3 N–H and O–H groups in total. The summed E-state index contributed by atoms with van der Waals surface area (Å²) >= 11 is 0. The third-order valence-electron chi connectivity index (χ3n) is 3.50. The zero-order chi connectivity index (χ0) is 15.2. The highest BCUT2D eigenvalue weighted by Crippen LogP contribution is 2.32. The van der Waals surface area contributed by atoms with Gasteiger partial charge in [0.1, 0.15) is 5.41 Å². The van der Waals surface area contributed by atoms with Crippen LogP contribution >= 0.6 is 0 Å². The van der Waals surface area contributed by atoms with E-state index in [1.807, 2.05) is 30.3 Å². The van der Waals surface area contributed by atoms with Crippen molar-refractivity contribution < 1.29 is 14.6 Å². The van der Waals surface area contributed by atoms with E-state index in [-0.39, 0.29) is 12.5 Å². The summed E-state index contributed by atoms with van der Waals surface area (Å²) in [5.41, 5.74) is 5.02. The summed E-state index contributed by atoms with van der Waals surface area (Å²) in [6.07, 6.45) is 0.924. The molecule has 0 aliphatic rings. The van der Waals surface area contributed by atoms with Crippen LogP contribution in [0.3, 0.4) is 0 Å². The van der Waals surface area contributed by atoms with E-state index in [1.165, 1.54) is 0 Å². The molecule has 1 atom stereocenters. The van der Waals surface area contributed by atoms with Gasteiger partial charge in [-0.3, -0.25) is 4.79 Å². The molecule has 0 aliphatic carbocycles. The van der Waals surface area contributed by atoms with E-state index in [1.54, 1.807) is 20.8 Å². The van der Waals surface area contributed by atoms with Gasteiger partial charge in [-0.05, 0) is 39.2 Å². The van der Waals surface area contributed by atoms with Crippen LogP contribution in [0.2, 0.25) is 0 Å². The lowest BCUT2D eigenvalue weighted by Crippen LogP contribution is -2.45. The Balaban J connectivity index is 3.13. The first kappa shape index (κ1) is 16.7. The molecule has 0 heterocycles. The van der Waals surface area contributed by atoms with Crippen molar-refractivity contribution in [3.05, 3.63) is 35.9 Å². The van der Waals surface area contributed by atoms with Gasteiger partial charge in [0.05, 0.1) is 12.2 Å². The number of aliphatic hydroxyl groups is 1. The Morgan fingerprint density at radius 3 is 2.30 bits per heavy atom. The quantitative estimate of drug-likeness (QED) is 0.749. The van der Waals surface area contributed by atoms with Crippen LogP contribution in [0.25, 0.3) is 0 Å². The average Bonchev–Trinajstić information content (AvgIpc) is 2.40. The van der Waals surface area contributed by atoms with E-state index in [2.05, 4.69) is 0 Å². The average molecular weight is 279 g/mol. The summed E-state index contributed by atoms with van der Waals surface area (Å²) in [4.78, 5) is 12.4. The number of rotatable bonds is 7. The topological polar surface area (TPSA) is 72.5 Å². The minimum atomic E-state index is -0.892. The molecule has 4 heteroatoms. The molecule has 0 aliphatic heterocycles. The Bertz CT molecular complexity index is 425. The second-order valence-corrected chi connectivity index (χ2v) is 5.69. The normalized spacial score (nSPS) is 14.7. The molecule has 1 unspecified atom stereocenters. The Hall–Kier alpha value is -1.39. The standard InChI is InChI=1S/C16H25NO3/c1-4-20-14(18)16(12-17,11-10-15(2,3)19)13-8-6-5-7-9-13/h5-9,19H,4,10-12,17H2,1-3H3. The Morgan fingerprint density at radius 1 is 1.25 bits per heavy atom.